The summed E-state index contributed by atoms with van der Waals surface area (Å²) in [7, 11) is 0. The molecule has 1 heterocycles. The van der Waals surface area contributed by atoms with Crippen LogP contribution in [0.25, 0.3) is 0 Å². The van der Waals surface area contributed by atoms with Crippen molar-refractivity contribution in [2.24, 2.45) is 0 Å². The van der Waals surface area contributed by atoms with Crippen LogP contribution in [0, 0.1) is 0 Å². The van der Waals surface area contributed by atoms with Crippen molar-refractivity contribution in [2.45, 2.75) is 0 Å². The normalized spacial score (nSPS) is 9.44. The van der Waals surface area contributed by atoms with Crippen LogP contribution in [-0.2, 0) is 0 Å². The van der Waals surface area contributed by atoms with Crippen molar-refractivity contribution in [3.8, 4) is 0 Å². The Balaban J connectivity index is 2.77. The average Bonchev–Trinajstić information content (AvgIpc) is 2.37. The molecule has 9 heavy (non-hydrogen) atoms. The Morgan fingerprint density at radius 2 is 2.56 bits per heavy atom. The topological polar surface area (TPSA) is 37.3 Å². The van der Waals surface area contributed by atoms with Crippen molar-refractivity contribution >= 4 is 28.5 Å². The quantitative estimate of drug-likeness (QED) is 0.639. The molecule has 0 spiro atoms. The minimum atomic E-state index is -0.287. The molecule has 48 valence electrons. The van der Waals surface area contributed by atoms with E-state index in [4.69, 9.17) is 4.55 Å². The molecule has 1 rings (SSSR count). The molecule has 1 aromatic rings. The molecule has 0 aliphatic carbocycles. The molecule has 0 aromatic carbocycles. The zero-order chi connectivity index (χ0) is 6.69. The first-order chi connectivity index (χ1) is 4.34. The van der Waals surface area contributed by atoms with Crippen LogP contribution in [0.15, 0.2) is 17.5 Å². The molecule has 1 N–H and O–H groups in total. The first kappa shape index (κ1) is 6.80. The van der Waals surface area contributed by atoms with Gasteiger partial charge in [0.1, 0.15) is 0 Å². The Morgan fingerprint density at radius 1 is 1.78 bits per heavy atom. The van der Waals surface area contributed by atoms with Gasteiger partial charge >= 0.3 is 0 Å². The Labute approximate surface area is 60.7 Å². The molecule has 2 nitrogen and oxygen atoms in total. The van der Waals surface area contributed by atoms with Crippen molar-refractivity contribution in [1.82, 2.24) is 0 Å². The Hall–Kier alpha value is -0.320. The summed E-state index contributed by atoms with van der Waals surface area (Å²) in [4.78, 5) is 11.2. The van der Waals surface area contributed by atoms with E-state index in [1.54, 1.807) is 17.5 Å². The van der Waals surface area contributed by atoms with Crippen LogP contribution in [0.5, 0.6) is 0 Å². The van der Waals surface area contributed by atoms with Gasteiger partial charge in [-0.3, -0.25) is 4.79 Å². The van der Waals surface area contributed by atoms with Crippen molar-refractivity contribution in [2.75, 3.05) is 0 Å². The van der Waals surface area contributed by atoms with E-state index < -0.39 is 0 Å². The van der Waals surface area contributed by atoms with Crippen LogP contribution in [0.1, 0.15) is 9.67 Å². The molecule has 0 aliphatic rings. The van der Waals surface area contributed by atoms with Gasteiger partial charge < -0.3 is 4.55 Å². The van der Waals surface area contributed by atoms with Gasteiger partial charge in [0.25, 0.3) is 5.12 Å². The fourth-order valence-electron chi connectivity index (χ4n) is 0.440. The van der Waals surface area contributed by atoms with Crippen LogP contribution in [0.3, 0.4) is 0 Å². The molecular formula is C5H4O2S2. The first-order valence-electron chi connectivity index (χ1n) is 2.24. The highest BCUT2D eigenvalue weighted by Gasteiger charge is 2.03. The molecule has 0 atom stereocenters. The number of hydrogen-bond acceptors (Lipinski definition) is 4. The minimum absolute atomic E-state index is 0.254. The second kappa shape index (κ2) is 3.00. The molecule has 0 radical (unpaired) electrons. The summed E-state index contributed by atoms with van der Waals surface area (Å²) in [6, 6.07) is 3.45. The largest absolute Gasteiger partial charge is 0.323 e. The SMILES string of the molecule is O=C(SO)c1cccs1. The van der Waals surface area contributed by atoms with E-state index in [1.165, 1.54) is 11.3 Å². The second-order valence-corrected chi connectivity index (χ2v) is 2.86. The van der Waals surface area contributed by atoms with Crippen LogP contribution in [-0.4, -0.2) is 9.67 Å². The lowest BCUT2D eigenvalue weighted by Crippen LogP contribution is -1.84. The summed E-state index contributed by atoms with van der Waals surface area (Å²) >= 11 is 1.58. The van der Waals surface area contributed by atoms with E-state index in [-0.39, 0.29) is 17.2 Å². The number of hydrogen-bond donors (Lipinski definition) is 1. The third kappa shape index (κ3) is 1.54. The molecule has 0 fully saturated rings. The summed E-state index contributed by atoms with van der Waals surface area (Å²) in [6.07, 6.45) is 0. The lowest BCUT2D eigenvalue weighted by atomic mass is 10.5. The van der Waals surface area contributed by atoms with Crippen molar-refractivity contribution < 1.29 is 9.35 Å². The van der Waals surface area contributed by atoms with E-state index in [9.17, 15) is 4.79 Å². The number of carbonyl (C=O) groups is 1. The minimum Gasteiger partial charge on any atom is -0.323 e. The monoisotopic (exact) mass is 160 g/mol. The van der Waals surface area contributed by atoms with Gasteiger partial charge in [-0.05, 0) is 11.4 Å². The average molecular weight is 160 g/mol. The predicted molar refractivity (Wildman–Crippen MR) is 38.9 cm³/mol. The van der Waals surface area contributed by atoms with E-state index in [0.717, 1.165) is 0 Å². The van der Waals surface area contributed by atoms with Crippen LogP contribution < -0.4 is 0 Å². The lowest BCUT2D eigenvalue weighted by molar-refractivity contribution is 0.108. The van der Waals surface area contributed by atoms with Crippen LogP contribution >= 0.6 is 23.4 Å². The van der Waals surface area contributed by atoms with Crippen molar-refractivity contribution in [3.63, 3.8) is 0 Å². The third-order valence-corrected chi connectivity index (χ3v) is 2.19. The van der Waals surface area contributed by atoms with E-state index in [0.29, 0.717) is 4.88 Å². The summed E-state index contributed by atoms with van der Waals surface area (Å²) in [5, 5.41) is 1.51. The Morgan fingerprint density at radius 3 is 3.00 bits per heavy atom. The van der Waals surface area contributed by atoms with Gasteiger partial charge in [-0.1, -0.05) is 6.07 Å². The predicted octanol–water partition coefficient (Wildman–Crippen LogP) is 2.09. The van der Waals surface area contributed by atoms with Gasteiger partial charge in [0, 0.05) is 0 Å². The molecule has 0 saturated carbocycles. The first-order valence-corrected chi connectivity index (χ1v) is 3.89. The molecule has 0 bridgehead atoms. The molecule has 0 aliphatic heterocycles. The zero-order valence-corrected chi connectivity index (χ0v) is 6.04. The summed E-state index contributed by atoms with van der Waals surface area (Å²) < 4.78 is 8.28. The number of carbonyl (C=O) groups excluding carboxylic acids is 1. The van der Waals surface area contributed by atoms with E-state index in [2.05, 4.69) is 0 Å². The third-order valence-electron chi connectivity index (χ3n) is 0.805. The lowest BCUT2D eigenvalue weighted by Gasteiger charge is -1.84. The maximum atomic E-state index is 10.6. The fraction of sp³-hybridized carbons (Fsp3) is 0. The van der Waals surface area contributed by atoms with Gasteiger partial charge in [-0.2, -0.15) is 0 Å². The highest BCUT2D eigenvalue weighted by molar-refractivity contribution is 8.09. The van der Waals surface area contributed by atoms with Crippen LogP contribution in [0.4, 0.5) is 0 Å². The highest BCUT2D eigenvalue weighted by Crippen LogP contribution is 2.14. The number of rotatable bonds is 1. The van der Waals surface area contributed by atoms with Gasteiger partial charge in [-0.15, -0.1) is 11.3 Å². The number of thiophene rings is 1. The zero-order valence-electron chi connectivity index (χ0n) is 4.40. The molecule has 0 unspecified atom stereocenters. The van der Waals surface area contributed by atoms with E-state index in [1.807, 2.05) is 0 Å². The molecule has 0 amide bonds. The standard InChI is InChI=1S/C5H4O2S2/c6-5(9-7)4-2-1-3-8-4/h1-3,7H. The summed E-state index contributed by atoms with van der Waals surface area (Å²) in [5.74, 6) is 0. The maximum absolute atomic E-state index is 10.6. The Kier molecular flexibility index (Phi) is 2.27. The smallest absolute Gasteiger partial charge is 0.255 e. The van der Waals surface area contributed by atoms with Gasteiger partial charge in [0.2, 0.25) is 0 Å². The molecule has 0 saturated heterocycles. The van der Waals surface area contributed by atoms with Gasteiger partial charge in [0.05, 0.1) is 16.9 Å². The van der Waals surface area contributed by atoms with Crippen molar-refractivity contribution in [1.29, 1.82) is 0 Å². The maximum Gasteiger partial charge on any atom is 0.255 e. The molecule has 4 heteroatoms. The molecule has 1 aromatic heterocycles. The van der Waals surface area contributed by atoms with Gasteiger partial charge in [0.15, 0.2) is 0 Å². The van der Waals surface area contributed by atoms with Gasteiger partial charge in [-0.25, -0.2) is 0 Å². The highest BCUT2D eigenvalue weighted by atomic mass is 32.2. The summed E-state index contributed by atoms with van der Waals surface area (Å²) in [6.45, 7) is 0. The second-order valence-electron chi connectivity index (χ2n) is 1.36. The summed E-state index contributed by atoms with van der Waals surface area (Å²) in [5.41, 5.74) is 0. The molecular weight excluding hydrogens is 156 g/mol. The van der Waals surface area contributed by atoms with E-state index >= 15 is 0 Å². The fourth-order valence-corrected chi connectivity index (χ4v) is 1.41. The Bertz CT molecular complexity index is 193. The van der Waals surface area contributed by atoms with Crippen molar-refractivity contribution in [3.05, 3.63) is 22.4 Å². The van der Waals surface area contributed by atoms with Crippen LogP contribution in [0.2, 0.25) is 0 Å².